The van der Waals surface area contributed by atoms with E-state index < -0.39 is 5.97 Å². The Morgan fingerprint density at radius 3 is 2.84 bits per heavy atom. The van der Waals surface area contributed by atoms with Gasteiger partial charge in [-0.05, 0) is 44.2 Å². The summed E-state index contributed by atoms with van der Waals surface area (Å²) in [5.74, 6) is -0.319. The molecule has 1 aromatic carbocycles. The highest BCUT2D eigenvalue weighted by Gasteiger charge is 2.27. The molecule has 0 saturated carbocycles. The van der Waals surface area contributed by atoms with Gasteiger partial charge in [-0.2, -0.15) is 0 Å². The van der Waals surface area contributed by atoms with Crippen LogP contribution in [0, 0.1) is 5.92 Å². The van der Waals surface area contributed by atoms with Crippen molar-refractivity contribution >= 4 is 5.97 Å². The number of hydrogen-bond donors (Lipinski definition) is 1. The third-order valence-electron chi connectivity index (χ3n) is 4.10. The Morgan fingerprint density at radius 2 is 2.16 bits per heavy atom. The second kappa shape index (κ2) is 6.71. The molecule has 1 aliphatic heterocycles. The number of benzene rings is 1. The molecule has 0 bridgehead atoms. The molecule has 2 rings (SSSR count). The fraction of sp³-hybridized carbons (Fsp3) is 0.562. The molecule has 19 heavy (non-hydrogen) atoms. The number of aliphatic carboxylic acids is 1. The molecule has 3 heteroatoms. The van der Waals surface area contributed by atoms with Crippen molar-refractivity contribution in [1.82, 2.24) is 4.90 Å². The Labute approximate surface area is 115 Å². The number of carboxylic acid groups (broad SMARTS) is 1. The number of nitrogens with zero attached hydrogens (tertiary/aromatic N) is 1. The quantitative estimate of drug-likeness (QED) is 0.856. The number of rotatable bonds is 6. The summed E-state index contributed by atoms with van der Waals surface area (Å²) >= 11 is 0. The summed E-state index contributed by atoms with van der Waals surface area (Å²) in [5.41, 5.74) is 1.38. The average Bonchev–Trinajstić information content (AvgIpc) is 2.85. The van der Waals surface area contributed by atoms with E-state index in [-0.39, 0.29) is 0 Å². The van der Waals surface area contributed by atoms with Gasteiger partial charge in [0.2, 0.25) is 0 Å². The second-order valence-corrected chi connectivity index (χ2v) is 5.62. The molecule has 1 N–H and O–H groups in total. The van der Waals surface area contributed by atoms with E-state index in [4.69, 9.17) is 5.11 Å². The molecule has 0 amide bonds. The summed E-state index contributed by atoms with van der Waals surface area (Å²) in [6.07, 6.45) is 3.59. The molecular formula is C16H23NO2. The van der Waals surface area contributed by atoms with Crippen molar-refractivity contribution in [3.63, 3.8) is 0 Å². The van der Waals surface area contributed by atoms with Gasteiger partial charge in [0.1, 0.15) is 0 Å². The van der Waals surface area contributed by atoms with Crippen molar-refractivity contribution in [3.05, 3.63) is 35.9 Å². The normalized spacial score (nSPS) is 21.4. The summed E-state index contributed by atoms with van der Waals surface area (Å²) in [4.78, 5) is 13.2. The summed E-state index contributed by atoms with van der Waals surface area (Å²) in [6.45, 7) is 4.25. The van der Waals surface area contributed by atoms with E-state index >= 15 is 0 Å². The predicted molar refractivity (Wildman–Crippen MR) is 76.2 cm³/mol. The Hall–Kier alpha value is -1.35. The van der Waals surface area contributed by atoms with Crippen LogP contribution in [0.5, 0.6) is 0 Å². The zero-order valence-corrected chi connectivity index (χ0v) is 11.6. The van der Waals surface area contributed by atoms with Crippen molar-refractivity contribution in [2.75, 3.05) is 13.1 Å². The smallest absolute Gasteiger partial charge is 0.303 e. The van der Waals surface area contributed by atoms with Crippen LogP contribution >= 0.6 is 0 Å². The average molecular weight is 261 g/mol. The molecule has 0 aromatic heterocycles. The van der Waals surface area contributed by atoms with Crippen LogP contribution in [-0.4, -0.2) is 35.1 Å². The molecule has 1 saturated heterocycles. The molecule has 0 spiro atoms. The van der Waals surface area contributed by atoms with E-state index in [2.05, 4.69) is 36.1 Å². The van der Waals surface area contributed by atoms with Crippen molar-refractivity contribution in [2.45, 2.75) is 38.6 Å². The number of aryl methyl sites for hydroxylation is 1. The van der Waals surface area contributed by atoms with Gasteiger partial charge in [0.25, 0.3) is 0 Å². The Bertz CT molecular complexity index is 404. The molecule has 1 aromatic rings. The number of hydrogen-bond acceptors (Lipinski definition) is 2. The second-order valence-electron chi connectivity index (χ2n) is 5.62. The summed E-state index contributed by atoms with van der Waals surface area (Å²) < 4.78 is 0. The lowest BCUT2D eigenvalue weighted by molar-refractivity contribution is -0.138. The molecule has 1 heterocycles. The maximum absolute atomic E-state index is 10.7. The van der Waals surface area contributed by atoms with Gasteiger partial charge in [-0.15, -0.1) is 0 Å². The SMILES string of the molecule is CC(CCc1ccccc1)N1CCC(CC(=O)O)C1. The largest absolute Gasteiger partial charge is 0.481 e. The zero-order chi connectivity index (χ0) is 13.7. The standard InChI is InChI=1S/C16H23NO2/c1-13(7-8-14-5-3-2-4-6-14)17-10-9-15(12-17)11-16(18)19/h2-6,13,15H,7-12H2,1H3,(H,18,19). The van der Waals surface area contributed by atoms with Crippen LogP contribution in [-0.2, 0) is 11.2 Å². The Balaban J connectivity index is 1.75. The zero-order valence-electron chi connectivity index (χ0n) is 11.6. The molecule has 0 radical (unpaired) electrons. The van der Waals surface area contributed by atoms with Gasteiger partial charge in [0, 0.05) is 19.0 Å². The van der Waals surface area contributed by atoms with E-state index in [0.717, 1.165) is 32.4 Å². The van der Waals surface area contributed by atoms with Crippen LogP contribution in [0.15, 0.2) is 30.3 Å². The van der Waals surface area contributed by atoms with Gasteiger partial charge in [0.15, 0.2) is 0 Å². The highest BCUT2D eigenvalue weighted by atomic mass is 16.4. The molecule has 104 valence electrons. The summed E-state index contributed by atoms with van der Waals surface area (Å²) in [5, 5.41) is 8.83. The molecule has 0 aliphatic carbocycles. The van der Waals surface area contributed by atoms with E-state index in [1.807, 2.05) is 6.07 Å². The fourth-order valence-electron chi connectivity index (χ4n) is 2.88. The summed E-state index contributed by atoms with van der Waals surface area (Å²) in [6, 6.07) is 11.1. The van der Waals surface area contributed by atoms with Crippen LogP contribution in [0.25, 0.3) is 0 Å². The van der Waals surface area contributed by atoms with Crippen LogP contribution in [0.3, 0.4) is 0 Å². The monoisotopic (exact) mass is 261 g/mol. The minimum Gasteiger partial charge on any atom is -0.481 e. The van der Waals surface area contributed by atoms with Crippen LogP contribution in [0.4, 0.5) is 0 Å². The van der Waals surface area contributed by atoms with E-state index in [1.165, 1.54) is 5.56 Å². The van der Waals surface area contributed by atoms with E-state index in [1.54, 1.807) is 0 Å². The topological polar surface area (TPSA) is 40.5 Å². The van der Waals surface area contributed by atoms with E-state index in [0.29, 0.717) is 18.4 Å². The summed E-state index contributed by atoms with van der Waals surface area (Å²) in [7, 11) is 0. The van der Waals surface area contributed by atoms with Gasteiger partial charge in [-0.3, -0.25) is 4.79 Å². The van der Waals surface area contributed by atoms with Gasteiger partial charge < -0.3 is 10.0 Å². The lowest BCUT2D eigenvalue weighted by Crippen LogP contribution is -2.31. The lowest BCUT2D eigenvalue weighted by Gasteiger charge is -2.24. The van der Waals surface area contributed by atoms with Crippen molar-refractivity contribution in [1.29, 1.82) is 0 Å². The van der Waals surface area contributed by atoms with Gasteiger partial charge in [0.05, 0.1) is 0 Å². The fourth-order valence-corrected chi connectivity index (χ4v) is 2.88. The third-order valence-corrected chi connectivity index (χ3v) is 4.10. The molecular weight excluding hydrogens is 238 g/mol. The lowest BCUT2D eigenvalue weighted by atomic mass is 10.0. The van der Waals surface area contributed by atoms with Crippen molar-refractivity contribution < 1.29 is 9.90 Å². The minimum absolute atomic E-state index is 0.321. The van der Waals surface area contributed by atoms with Gasteiger partial charge >= 0.3 is 5.97 Å². The first-order valence-corrected chi connectivity index (χ1v) is 7.15. The van der Waals surface area contributed by atoms with Crippen LogP contribution < -0.4 is 0 Å². The first kappa shape index (κ1) is 14.1. The Kier molecular flexibility index (Phi) is 4.97. The number of likely N-dealkylation sites (tertiary alicyclic amines) is 1. The molecule has 2 unspecified atom stereocenters. The molecule has 1 fully saturated rings. The maximum Gasteiger partial charge on any atom is 0.303 e. The van der Waals surface area contributed by atoms with Crippen LogP contribution in [0.2, 0.25) is 0 Å². The first-order chi connectivity index (χ1) is 9.15. The van der Waals surface area contributed by atoms with Crippen molar-refractivity contribution in [3.8, 4) is 0 Å². The van der Waals surface area contributed by atoms with Gasteiger partial charge in [-0.25, -0.2) is 0 Å². The number of carbonyl (C=O) groups is 1. The maximum atomic E-state index is 10.7. The molecule has 1 aliphatic rings. The van der Waals surface area contributed by atoms with E-state index in [9.17, 15) is 4.79 Å². The van der Waals surface area contributed by atoms with Gasteiger partial charge in [-0.1, -0.05) is 30.3 Å². The first-order valence-electron chi connectivity index (χ1n) is 7.15. The third kappa shape index (κ3) is 4.35. The highest BCUT2D eigenvalue weighted by molar-refractivity contribution is 5.67. The predicted octanol–water partition coefficient (Wildman–Crippen LogP) is 2.80. The Morgan fingerprint density at radius 1 is 1.42 bits per heavy atom. The molecule has 2 atom stereocenters. The van der Waals surface area contributed by atoms with Crippen LogP contribution in [0.1, 0.15) is 31.7 Å². The molecule has 3 nitrogen and oxygen atoms in total. The highest BCUT2D eigenvalue weighted by Crippen LogP contribution is 2.23. The van der Waals surface area contributed by atoms with Crippen molar-refractivity contribution in [2.24, 2.45) is 5.92 Å². The minimum atomic E-state index is -0.663. The number of carboxylic acids is 1.